The number of nitrogens with one attached hydrogen (secondary N) is 3. The summed E-state index contributed by atoms with van der Waals surface area (Å²) >= 11 is 1.68. The first-order valence-corrected chi connectivity index (χ1v) is 10.4. The molecule has 24 heavy (non-hydrogen) atoms. The van der Waals surface area contributed by atoms with Crippen LogP contribution >= 0.6 is 24.2 Å². The molecule has 0 unspecified atom stereocenters. The highest BCUT2D eigenvalue weighted by atomic mass is 35.5. The first-order chi connectivity index (χ1) is 11.0. The minimum absolute atomic E-state index is 0. The molecule has 0 spiro atoms. The Morgan fingerprint density at radius 2 is 2.04 bits per heavy atom. The Kier molecular flexibility index (Phi) is 9.07. The lowest BCUT2D eigenvalue weighted by Crippen LogP contribution is -2.36. The normalized spacial score (nSPS) is 17.3. The molecule has 0 saturated carbocycles. The van der Waals surface area contributed by atoms with Gasteiger partial charge in [-0.3, -0.25) is 4.79 Å². The van der Waals surface area contributed by atoms with Crippen LogP contribution < -0.4 is 15.4 Å². The van der Waals surface area contributed by atoms with Crippen molar-refractivity contribution in [2.45, 2.75) is 24.3 Å². The number of benzene rings is 1. The van der Waals surface area contributed by atoms with Crippen molar-refractivity contribution in [3.63, 3.8) is 0 Å². The smallest absolute Gasteiger partial charge is 0.251 e. The molecule has 1 aromatic carbocycles. The second-order valence-electron chi connectivity index (χ2n) is 5.28. The first-order valence-electron chi connectivity index (χ1n) is 7.72. The second-order valence-corrected chi connectivity index (χ2v) is 8.44. The second kappa shape index (κ2) is 10.2. The van der Waals surface area contributed by atoms with Crippen molar-refractivity contribution in [3.8, 4) is 0 Å². The van der Waals surface area contributed by atoms with Crippen LogP contribution in [0.1, 0.15) is 23.7 Å². The van der Waals surface area contributed by atoms with E-state index in [9.17, 15) is 13.2 Å². The van der Waals surface area contributed by atoms with E-state index in [0.717, 1.165) is 31.0 Å². The molecule has 3 N–H and O–H groups in total. The van der Waals surface area contributed by atoms with E-state index < -0.39 is 10.0 Å². The SMILES string of the molecule is CCSCCNS(=O)(=O)c1ccc(C(=O)N[C@H]2CCNC2)cc1.Cl. The molecule has 9 heteroatoms. The van der Waals surface area contributed by atoms with Gasteiger partial charge < -0.3 is 10.6 Å². The molecule has 1 fully saturated rings. The number of thioether (sulfide) groups is 1. The molecule has 2 rings (SSSR count). The van der Waals surface area contributed by atoms with Crippen LogP contribution in [0.15, 0.2) is 29.2 Å². The topological polar surface area (TPSA) is 87.3 Å². The van der Waals surface area contributed by atoms with E-state index in [0.29, 0.717) is 12.1 Å². The highest BCUT2D eigenvalue weighted by Crippen LogP contribution is 2.11. The minimum Gasteiger partial charge on any atom is -0.348 e. The molecule has 1 atom stereocenters. The van der Waals surface area contributed by atoms with E-state index in [2.05, 4.69) is 15.4 Å². The van der Waals surface area contributed by atoms with Crippen LogP contribution in [0.25, 0.3) is 0 Å². The summed E-state index contributed by atoms with van der Waals surface area (Å²) in [6, 6.07) is 6.18. The number of carbonyl (C=O) groups excluding carboxylic acids is 1. The highest BCUT2D eigenvalue weighted by molar-refractivity contribution is 7.99. The molecular formula is C15H24ClN3O3S2. The van der Waals surface area contributed by atoms with Crippen LogP contribution in [0.4, 0.5) is 0 Å². The maximum atomic E-state index is 12.1. The maximum absolute atomic E-state index is 12.1. The van der Waals surface area contributed by atoms with E-state index in [1.165, 1.54) is 12.1 Å². The van der Waals surface area contributed by atoms with Gasteiger partial charge in [0.1, 0.15) is 0 Å². The zero-order valence-electron chi connectivity index (χ0n) is 13.6. The van der Waals surface area contributed by atoms with Crippen molar-refractivity contribution in [2.24, 2.45) is 0 Å². The summed E-state index contributed by atoms with van der Waals surface area (Å²) in [5.74, 6) is 1.53. The standard InChI is InChI=1S/C15H23N3O3S2.ClH/c1-2-22-10-9-17-23(20,21)14-5-3-12(4-6-14)15(19)18-13-7-8-16-11-13;/h3-6,13,16-17H,2,7-11H2,1H3,(H,18,19);1H/t13-;/m0./s1. The van der Waals surface area contributed by atoms with Crippen LogP contribution in [0.3, 0.4) is 0 Å². The van der Waals surface area contributed by atoms with Gasteiger partial charge in [0.2, 0.25) is 10.0 Å². The monoisotopic (exact) mass is 393 g/mol. The van der Waals surface area contributed by atoms with Gasteiger partial charge in [-0.1, -0.05) is 6.92 Å². The van der Waals surface area contributed by atoms with Gasteiger partial charge in [0, 0.05) is 30.4 Å². The quantitative estimate of drug-likeness (QED) is 0.578. The Balaban J connectivity index is 0.00000288. The van der Waals surface area contributed by atoms with Gasteiger partial charge in [0.05, 0.1) is 4.90 Å². The predicted molar refractivity (Wildman–Crippen MR) is 101 cm³/mol. The zero-order valence-corrected chi connectivity index (χ0v) is 16.0. The van der Waals surface area contributed by atoms with Gasteiger partial charge in [-0.15, -0.1) is 12.4 Å². The lowest BCUT2D eigenvalue weighted by Gasteiger charge is -2.12. The predicted octanol–water partition coefficient (Wildman–Crippen LogP) is 1.23. The van der Waals surface area contributed by atoms with E-state index in [-0.39, 0.29) is 29.3 Å². The summed E-state index contributed by atoms with van der Waals surface area (Å²) in [5.41, 5.74) is 0.470. The number of rotatable bonds is 8. The van der Waals surface area contributed by atoms with Gasteiger partial charge in [-0.05, 0) is 43.0 Å². The third kappa shape index (κ3) is 6.25. The third-order valence-electron chi connectivity index (χ3n) is 3.56. The number of sulfonamides is 1. The highest BCUT2D eigenvalue weighted by Gasteiger charge is 2.18. The molecule has 0 aromatic heterocycles. The van der Waals surface area contributed by atoms with Crippen LogP contribution in [0.5, 0.6) is 0 Å². The number of hydrogen-bond donors (Lipinski definition) is 3. The maximum Gasteiger partial charge on any atom is 0.251 e. The van der Waals surface area contributed by atoms with Crippen LogP contribution in [-0.4, -0.2) is 51.5 Å². The molecule has 1 aliphatic heterocycles. The van der Waals surface area contributed by atoms with Gasteiger partial charge >= 0.3 is 0 Å². The van der Waals surface area contributed by atoms with Crippen molar-refractivity contribution < 1.29 is 13.2 Å². The summed E-state index contributed by atoms with van der Waals surface area (Å²) in [6.07, 6.45) is 0.915. The average molecular weight is 394 g/mol. The lowest BCUT2D eigenvalue weighted by molar-refractivity contribution is 0.0940. The Morgan fingerprint density at radius 1 is 1.33 bits per heavy atom. The van der Waals surface area contributed by atoms with Crippen LogP contribution in [0.2, 0.25) is 0 Å². The van der Waals surface area contributed by atoms with Crippen molar-refractivity contribution in [1.82, 2.24) is 15.4 Å². The summed E-state index contributed by atoms with van der Waals surface area (Å²) in [6.45, 7) is 4.12. The zero-order chi connectivity index (χ0) is 16.7. The third-order valence-corrected chi connectivity index (χ3v) is 5.94. The Morgan fingerprint density at radius 3 is 2.62 bits per heavy atom. The molecule has 1 aliphatic rings. The van der Waals surface area contributed by atoms with Crippen molar-refractivity contribution in [2.75, 3.05) is 31.1 Å². The summed E-state index contributed by atoms with van der Waals surface area (Å²) < 4.78 is 26.8. The molecule has 0 bridgehead atoms. The van der Waals surface area contributed by atoms with Crippen molar-refractivity contribution in [1.29, 1.82) is 0 Å². The fraction of sp³-hybridized carbons (Fsp3) is 0.533. The minimum atomic E-state index is -3.51. The van der Waals surface area contributed by atoms with Crippen molar-refractivity contribution in [3.05, 3.63) is 29.8 Å². The first kappa shape index (κ1) is 21.2. The Bertz CT molecular complexity index is 617. The van der Waals surface area contributed by atoms with Gasteiger partial charge in [0.25, 0.3) is 5.91 Å². The van der Waals surface area contributed by atoms with E-state index >= 15 is 0 Å². The number of amides is 1. The van der Waals surface area contributed by atoms with Gasteiger partial charge in [-0.25, -0.2) is 13.1 Å². The van der Waals surface area contributed by atoms with Crippen LogP contribution in [0, 0.1) is 0 Å². The Labute approximate surface area is 154 Å². The van der Waals surface area contributed by atoms with E-state index in [1.807, 2.05) is 6.92 Å². The number of carbonyl (C=O) groups is 1. The lowest BCUT2D eigenvalue weighted by atomic mass is 10.2. The van der Waals surface area contributed by atoms with E-state index in [1.54, 1.807) is 23.9 Å². The summed E-state index contributed by atoms with van der Waals surface area (Å²) in [7, 11) is -3.51. The average Bonchev–Trinajstić information content (AvgIpc) is 3.05. The Hall–Kier alpha value is -0.800. The number of hydrogen-bond acceptors (Lipinski definition) is 5. The molecule has 0 aliphatic carbocycles. The summed E-state index contributed by atoms with van der Waals surface area (Å²) in [4.78, 5) is 12.3. The molecule has 1 amide bonds. The number of halogens is 1. The summed E-state index contributed by atoms with van der Waals surface area (Å²) in [5, 5.41) is 6.12. The molecule has 136 valence electrons. The fourth-order valence-electron chi connectivity index (χ4n) is 2.31. The van der Waals surface area contributed by atoms with Gasteiger partial charge in [-0.2, -0.15) is 11.8 Å². The largest absolute Gasteiger partial charge is 0.348 e. The molecule has 1 saturated heterocycles. The fourth-order valence-corrected chi connectivity index (χ4v) is 4.00. The molecule has 1 aromatic rings. The molecule has 1 heterocycles. The van der Waals surface area contributed by atoms with Gasteiger partial charge in [0.15, 0.2) is 0 Å². The molecule has 0 radical (unpaired) electrons. The van der Waals surface area contributed by atoms with Crippen LogP contribution in [-0.2, 0) is 10.0 Å². The van der Waals surface area contributed by atoms with E-state index in [4.69, 9.17) is 0 Å². The molecule has 6 nitrogen and oxygen atoms in total. The van der Waals surface area contributed by atoms with Crippen molar-refractivity contribution >= 4 is 40.1 Å². The molecular weight excluding hydrogens is 370 g/mol.